The number of hydrogen-bond donors (Lipinski definition) is 1. The van der Waals surface area contributed by atoms with Crippen molar-refractivity contribution >= 4 is 18.0 Å². The van der Waals surface area contributed by atoms with Gasteiger partial charge in [-0.15, -0.1) is 0 Å². The molecule has 2 rings (SSSR count). The van der Waals surface area contributed by atoms with Gasteiger partial charge in [0.05, 0.1) is 14.2 Å². The average Bonchev–Trinajstić information content (AvgIpc) is 2.74. The van der Waals surface area contributed by atoms with Gasteiger partial charge in [-0.2, -0.15) is 0 Å². The van der Waals surface area contributed by atoms with Gasteiger partial charge in [-0.1, -0.05) is 49.4 Å². The van der Waals surface area contributed by atoms with Crippen molar-refractivity contribution in [1.82, 2.24) is 5.32 Å². The zero-order chi connectivity index (χ0) is 20.4. The van der Waals surface area contributed by atoms with Gasteiger partial charge in [0.25, 0.3) is 5.91 Å². The van der Waals surface area contributed by atoms with E-state index in [4.69, 9.17) is 14.2 Å². The fourth-order valence-electron chi connectivity index (χ4n) is 2.60. The van der Waals surface area contributed by atoms with Gasteiger partial charge in [-0.05, 0) is 23.6 Å². The number of carbonyl (C=O) groups is 2. The van der Waals surface area contributed by atoms with Gasteiger partial charge < -0.3 is 19.5 Å². The van der Waals surface area contributed by atoms with E-state index in [1.807, 2.05) is 37.3 Å². The summed E-state index contributed by atoms with van der Waals surface area (Å²) in [4.78, 5) is 23.8. The molecule has 0 saturated heterocycles. The lowest BCUT2D eigenvalue weighted by Crippen LogP contribution is -2.31. The monoisotopic (exact) mass is 383 g/mol. The zero-order valence-corrected chi connectivity index (χ0v) is 16.3. The maximum Gasteiger partial charge on any atom is 0.331 e. The Balaban J connectivity index is 1.80. The molecule has 0 aliphatic carbocycles. The highest BCUT2D eigenvalue weighted by molar-refractivity contribution is 5.89. The summed E-state index contributed by atoms with van der Waals surface area (Å²) in [7, 11) is 3.06. The molecule has 0 fully saturated rings. The van der Waals surface area contributed by atoms with E-state index < -0.39 is 5.97 Å². The Hall–Kier alpha value is -3.28. The minimum Gasteiger partial charge on any atom is -0.493 e. The molecular weight excluding hydrogens is 358 g/mol. The molecule has 6 nitrogen and oxygen atoms in total. The Morgan fingerprint density at radius 1 is 1.04 bits per heavy atom. The van der Waals surface area contributed by atoms with Crippen LogP contribution in [-0.4, -0.2) is 39.2 Å². The minimum absolute atomic E-state index is 0.168. The number of amides is 1. The number of benzene rings is 2. The Morgan fingerprint density at radius 2 is 1.79 bits per heavy atom. The lowest BCUT2D eigenvalue weighted by Gasteiger charge is -2.13. The summed E-state index contributed by atoms with van der Waals surface area (Å²) in [5, 5.41) is 2.77. The number of esters is 1. The molecule has 2 aromatic carbocycles. The van der Waals surface area contributed by atoms with Crippen molar-refractivity contribution in [3.8, 4) is 11.5 Å². The van der Waals surface area contributed by atoms with Crippen LogP contribution in [0.15, 0.2) is 54.6 Å². The highest BCUT2D eigenvalue weighted by Crippen LogP contribution is 2.31. The van der Waals surface area contributed by atoms with Crippen LogP contribution in [0.2, 0.25) is 0 Å². The van der Waals surface area contributed by atoms with E-state index in [2.05, 4.69) is 5.32 Å². The number of carbonyl (C=O) groups excluding carboxylic acids is 2. The van der Waals surface area contributed by atoms with Crippen molar-refractivity contribution in [3.63, 3.8) is 0 Å². The van der Waals surface area contributed by atoms with Gasteiger partial charge in [-0.25, -0.2) is 4.79 Å². The van der Waals surface area contributed by atoms with Crippen LogP contribution in [0.3, 0.4) is 0 Å². The first-order valence-electron chi connectivity index (χ1n) is 8.92. The third-order valence-electron chi connectivity index (χ3n) is 4.15. The normalized spacial score (nSPS) is 11.7. The summed E-state index contributed by atoms with van der Waals surface area (Å²) in [6.07, 6.45) is 2.80. The zero-order valence-electron chi connectivity index (χ0n) is 16.3. The van der Waals surface area contributed by atoms with Crippen LogP contribution in [0.5, 0.6) is 11.5 Å². The molecular formula is C22H25NO5. The van der Waals surface area contributed by atoms with E-state index in [1.54, 1.807) is 24.3 Å². The number of ether oxygens (including phenoxy) is 3. The van der Waals surface area contributed by atoms with Gasteiger partial charge in [0.15, 0.2) is 18.1 Å². The molecule has 148 valence electrons. The number of hydrogen-bond acceptors (Lipinski definition) is 5. The maximum atomic E-state index is 11.9. The Bertz CT molecular complexity index is 817. The molecule has 0 unspecified atom stereocenters. The maximum absolute atomic E-state index is 11.9. The first-order valence-corrected chi connectivity index (χ1v) is 8.92. The van der Waals surface area contributed by atoms with Crippen LogP contribution in [0, 0.1) is 0 Å². The van der Waals surface area contributed by atoms with Gasteiger partial charge in [-0.3, -0.25) is 4.79 Å². The summed E-state index contributed by atoms with van der Waals surface area (Å²) in [5.74, 6) is 0.285. The van der Waals surface area contributed by atoms with E-state index in [-0.39, 0.29) is 18.4 Å². The van der Waals surface area contributed by atoms with E-state index in [1.165, 1.54) is 20.3 Å². The number of nitrogens with one attached hydrogen (secondary N) is 1. The molecule has 2 aromatic rings. The standard InChI is InChI=1S/C22H25NO5/c1-16(17-8-5-4-6-9-17)14-23-20(24)15-28-21(25)13-12-18-10-7-11-19(26-2)22(18)27-3/h4-13,16H,14-15H2,1-3H3,(H,23,24)/b13-12+/t16-/m0/s1. The molecule has 6 heteroatoms. The molecule has 0 aromatic heterocycles. The van der Waals surface area contributed by atoms with Crippen molar-refractivity contribution in [2.75, 3.05) is 27.4 Å². The highest BCUT2D eigenvalue weighted by Gasteiger charge is 2.10. The minimum atomic E-state index is -0.615. The summed E-state index contributed by atoms with van der Waals surface area (Å²) in [6.45, 7) is 2.16. The van der Waals surface area contributed by atoms with Crippen molar-refractivity contribution in [3.05, 3.63) is 65.7 Å². The van der Waals surface area contributed by atoms with Crippen LogP contribution in [0.25, 0.3) is 6.08 Å². The predicted molar refractivity (Wildman–Crippen MR) is 107 cm³/mol. The van der Waals surface area contributed by atoms with Gasteiger partial charge >= 0.3 is 5.97 Å². The largest absolute Gasteiger partial charge is 0.493 e. The predicted octanol–water partition coefficient (Wildman–Crippen LogP) is 3.18. The SMILES string of the molecule is COc1cccc(/C=C/C(=O)OCC(=O)NC[C@H](C)c2ccccc2)c1OC. The van der Waals surface area contributed by atoms with Gasteiger partial charge in [0.2, 0.25) is 0 Å². The van der Waals surface area contributed by atoms with Crippen molar-refractivity contribution in [1.29, 1.82) is 0 Å². The summed E-state index contributed by atoms with van der Waals surface area (Å²) in [5.41, 5.74) is 1.80. The van der Waals surface area contributed by atoms with Crippen LogP contribution < -0.4 is 14.8 Å². The molecule has 0 bridgehead atoms. The quantitative estimate of drug-likeness (QED) is 0.532. The van der Waals surface area contributed by atoms with E-state index in [0.717, 1.165) is 5.56 Å². The number of rotatable bonds is 9. The third kappa shape index (κ3) is 6.16. The fraction of sp³-hybridized carbons (Fsp3) is 0.273. The molecule has 0 aliphatic heterocycles. The molecule has 0 radical (unpaired) electrons. The second kappa shape index (κ2) is 10.8. The molecule has 0 saturated carbocycles. The average molecular weight is 383 g/mol. The Morgan fingerprint density at radius 3 is 2.46 bits per heavy atom. The lowest BCUT2D eigenvalue weighted by atomic mass is 10.0. The molecule has 1 amide bonds. The van der Waals surface area contributed by atoms with Crippen LogP contribution >= 0.6 is 0 Å². The fourth-order valence-corrected chi connectivity index (χ4v) is 2.60. The van der Waals surface area contributed by atoms with Crippen LogP contribution in [-0.2, 0) is 14.3 Å². The Kier molecular flexibility index (Phi) is 8.09. The molecule has 0 aliphatic rings. The van der Waals surface area contributed by atoms with Crippen molar-refractivity contribution in [2.24, 2.45) is 0 Å². The molecule has 28 heavy (non-hydrogen) atoms. The summed E-state index contributed by atoms with van der Waals surface area (Å²) >= 11 is 0. The molecule has 1 N–H and O–H groups in total. The van der Waals surface area contributed by atoms with Crippen molar-refractivity contribution in [2.45, 2.75) is 12.8 Å². The lowest BCUT2D eigenvalue weighted by molar-refractivity contribution is -0.143. The first-order chi connectivity index (χ1) is 13.5. The molecule has 1 atom stereocenters. The number of methoxy groups -OCH3 is 2. The molecule has 0 spiro atoms. The second-order valence-corrected chi connectivity index (χ2v) is 6.14. The first kappa shape index (κ1) is 21.0. The Labute approximate surface area is 165 Å². The van der Waals surface area contributed by atoms with Gasteiger partial charge in [0.1, 0.15) is 0 Å². The van der Waals surface area contributed by atoms with E-state index in [0.29, 0.717) is 23.6 Å². The number of para-hydroxylation sites is 1. The van der Waals surface area contributed by atoms with E-state index >= 15 is 0 Å². The highest BCUT2D eigenvalue weighted by atomic mass is 16.5. The van der Waals surface area contributed by atoms with Crippen LogP contribution in [0.4, 0.5) is 0 Å². The summed E-state index contributed by atoms with van der Waals surface area (Å²) < 4.78 is 15.5. The molecule has 0 heterocycles. The smallest absolute Gasteiger partial charge is 0.331 e. The van der Waals surface area contributed by atoms with Crippen molar-refractivity contribution < 1.29 is 23.8 Å². The van der Waals surface area contributed by atoms with Crippen LogP contribution in [0.1, 0.15) is 24.0 Å². The van der Waals surface area contributed by atoms with E-state index in [9.17, 15) is 9.59 Å². The third-order valence-corrected chi connectivity index (χ3v) is 4.15. The topological polar surface area (TPSA) is 73.9 Å². The second-order valence-electron chi connectivity index (χ2n) is 6.14. The summed E-state index contributed by atoms with van der Waals surface area (Å²) in [6, 6.07) is 15.2. The van der Waals surface area contributed by atoms with Gasteiger partial charge in [0, 0.05) is 18.2 Å².